The summed E-state index contributed by atoms with van der Waals surface area (Å²) in [5.41, 5.74) is 7.22. The highest BCUT2D eigenvalue weighted by Crippen LogP contribution is 2.28. The Balaban J connectivity index is 1.39. The molecule has 0 bridgehead atoms. The topological polar surface area (TPSA) is 127 Å². The molecule has 1 amide bonds. The summed E-state index contributed by atoms with van der Waals surface area (Å²) in [6, 6.07) is 5.22. The fourth-order valence-electron chi connectivity index (χ4n) is 4.16. The first kappa shape index (κ1) is 26.9. The zero-order chi connectivity index (χ0) is 25.6. The number of aliphatic hydroxyl groups excluding tert-OH is 1. The third kappa shape index (κ3) is 7.41. The van der Waals surface area contributed by atoms with Crippen LogP contribution in [0.15, 0.2) is 22.7 Å². The number of anilines is 1. The van der Waals surface area contributed by atoms with Crippen molar-refractivity contribution in [3.63, 3.8) is 0 Å². The van der Waals surface area contributed by atoms with Gasteiger partial charge in [0.25, 0.3) is 11.9 Å². The van der Waals surface area contributed by atoms with Gasteiger partial charge in [-0.1, -0.05) is 6.92 Å². The molecule has 2 heterocycles. The maximum absolute atomic E-state index is 12.3. The van der Waals surface area contributed by atoms with Crippen LogP contribution in [0, 0.1) is 12.8 Å². The van der Waals surface area contributed by atoms with Crippen LogP contribution >= 0.6 is 0 Å². The van der Waals surface area contributed by atoms with Crippen LogP contribution < -0.4 is 20.7 Å². The maximum Gasteiger partial charge on any atom is 0.266 e. The van der Waals surface area contributed by atoms with E-state index in [4.69, 9.17) is 20.1 Å². The van der Waals surface area contributed by atoms with Crippen LogP contribution in [-0.2, 0) is 0 Å². The summed E-state index contributed by atoms with van der Waals surface area (Å²) in [7, 11) is 0. The molecule has 1 unspecified atom stereocenters. The lowest BCUT2D eigenvalue weighted by molar-refractivity contribution is 0.0921. The van der Waals surface area contributed by atoms with Gasteiger partial charge in [0.1, 0.15) is 5.75 Å². The summed E-state index contributed by atoms with van der Waals surface area (Å²) in [6.07, 6.45) is 4.28. The molecule has 1 fully saturated rings. The number of carbonyl (C=O) groups is 1. The molecule has 1 aliphatic heterocycles. The second-order valence-electron chi connectivity index (χ2n) is 10.4. The van der Waals surface area contributed by atoms with E-state index in [2.05, 4.69) is 20.4 Å². The monoisotopic (exact) mass is 487 g/mol. The Morgan fingerprint density at radius 2 is 2.06 bits per heavy atom. The largest absolute Gasteiger partial charge is 0.494 e. The lowest BCUT2D eigenvalue weighted by Gasteiger charge is -2.31. The molecule has 0 saturated carbocycles. The van der Waals surface area contributed by atoms with Gasteiger partial charge >= 0.3 is 0 Å². The second-order valence-corrected chi connectivity index (χ2v) is 10.4. The van der Waals surface area contributed by atoms with E-state index in [1.165, 1.54) is 0 Å². The van der Waals surface area contributed by atoms with Gasteiger partial charge in [-0.3, -0.25) is 4.79 Å². The average molecular weight is 488 g/mol. The standard InChI is InChI=1S/C26H41N5O4/c1-17-15-21(8-9-22(17)23(33)28-18(2)16-32)34-14-6-7-20-10-12-31(13-11-20)25-29-24(35-30-25)19(3)26(4,5)27/h8-9,15,18-20,32H,6-7,10-14,16,27H2,1-5H3,(H,28,33)/t18-,19?/m1/s1. The Morgan fingerprint density at radius 1 is 1.34 bits per heavy atom. The molecule has 2 atom stereocenters. The minimum atomic E-state index is -0.409. The van der Waals surface area contributed by atoms with Crippen molar-refractivity contribution in [1.29, 1.82) is 0 Å². The molecule has 9 nitrogen and oxygen atoms in total. The molecule has 0 aliphatic carbocycles. The van der Waals surface area contributed by atoms with Crippen LogP contribution in [0.1, 0.15) is 81.1 Å². The summed E-state index contributed by atoms with van der Waals surface area (Å²) in [6.45, 7) is 12.0. The molecule has 0 spiro atoms. The van der Waals surface area contributed by atoms with Crippen molar-refractivity contribution in [1.82, 2.24) is 15.5 Å². The number of aliphatic hydroxyl groups is 1. The van der Waals surface area contributed by atoms with E-state index in [9.17, 15) is 4.79 Å². The molecule has 4 N–H and O–H groups in total. The number of hydrogen-bond donors (Lipinski definition) is 3. The molecular formula is C26H41N5O4. The van der Waals surface area contributed by atoms with Crippen LogP contribution in [0.4, 0.5) is 5.95 Å². The molecule has 2 aromatic rings. The summed E-state index contributed by atoms with van der Waals surface area (Å²) < 4.78 is 11.4. The Hall–Kier alpha value is -2.65. The van der Waals surface area contributed by atoms with Crippen molar-refractivity contribution < 1.29 is 19.2 Å². The smallest absolute Gasteiger partial charge is 0.266 e. The molecule has 1 aromatic heterocycles. The first-order valence-corrected chi connectivity index (χ1v) is 12.6. The highest BCUT2D eigenvalue weighted by Gasteiger charge is 2.29. The number of nitrogens with one attached hydrogen (secondary N) is 1. The highest BCUT2D eigenvalue weighted by molar-refractivity contribution is 5.95. The van der Waals surface area contributed by atoms with E-state index in [-0.39, 0.29) is 24.5 Å². The number of aryl methyl sites for hydroxylation is 1. The van der Waals surface area contributed by atoms with Crippen molar-refractivity contribution in [3.05, 3.63) is 35.2 Å². The Morgan fingerprint density at radius 3 is 2.69 bits per heavy atom. The number of hydrogen-bond acceptors (Lipinski definition) is 8. The van der Waals surface area contributed by atoms with Crippen LogP contribution in [0.2, 0.25) is 0 Å². The van der Waals surface area contributed by atoms with Crippen LogP contribution in [0.3, 0.4) is 0 Å². The number of rotatable bonds is 11. The molecule has 1 saturated heterocycles. The normalized spacial score (nSPS) is 16.7. The Bertz CT molecular complexity index is 963. The Kier molecular flexibility index (Phi) is 9.13. The number of carbonyl (C=O) groups excluding carboxylic acids is 1. The van der Waals surface area contributed by atoms with Crippen molar-refractivity contribution in [2.24, 2.45) is 11.7 Å². The van der Waals surface area contributed by atoms with E-state index in [0.717, 1.165) is 50.1 Å². The predicted molar refractivity (Wildman–Crippen MR) is 136 cm³/mol. The van der Waals surface area contributed by atoms with Gasteiger partial charge in [0.05, 0.1) is 19.1 Å². The van der Waals surface area contributed by atoms with Gasteiger partial charge in [-0.25, -0.2) is 0 Å². The summed E-state index contributed by atoms with van der Waals surface area (Å²) in [5, 5.41) is 16.1. The number of aromatic nitrogens is 2. The molecule has 3 rings (SSSR count). The minimum absolute atomic E-state index is 0.00612. The summed E-state index contributed by atoms with van der Waals surface area (Å²) in [4.78, 5) is 19.1. The van der Waals surface area contributed by atoms with Gasteiger partial charge in [-0.2, -0.15) is 4.98 Å². The number of piperidine rings is 1. The van der Waals surface area contributed by atoms with Crippen LogP contribution in [0.25, 0.3) is 0 Å². The molecule has 1 aliphatic rings. The average Bonchev–Trinajstić information content (AvgIpc) is 3.31. The van der Waals surface area contributed by atoms with E-state index in [1.807, 2.05) is 39.8 Å². The molecule has 35 heavy (non-hydrogen) atoms. The number of amides is 1. The second kappa shape index (κ2) is 11.9. The van der Waals surface area contributed by atoms with Crippen molar-refractivity contribution in [2.45, 2.75) is 77.8 Å². The van der Waals surface area contributed by atoms with Crippen molar-refractivity contribution >= 4 is 11.9 Å². The van der Waals surface area contributed by atoms with Gasteiger partial charge in [-0.05, 0) is 88.2 Å². The van der Waals surface area contributed by atoms with E-state index in [0.29, 0.717) is 29.9 Å². The zero-order valence-electron chi connectivity index (χ0n) is 21.7. The maximum atomic E-state index is 12.3. The van der Waals surface area contributed by atoms with Gasteiger partial charge < -0.3 is 30.3 Å². The molecule has 9 heteroatoms. The predicted octanol–water partition coefficient (Wildman–Crippen LogP) is 3.41. The Labute approximate surface area is 208 Å². The summed E-state index contributed by atoms with van der Waals surface area (Å²) in [5.74, 6) is 2.49. The van der Waals surface area contributed by atoms with Gasteiger partial charge in [0.15, 0.2) is 0 Å². The number of ether oxygens (including phenoxy) is 1. The SMILES string of the molecule is Cc1cc(OCCCC2CCN(c3noc(C(C)C(C)(C)N)n3)CC2)ccc1C(=O)N[C@H](C)CO. The fourth-order valence-corrected chi connectivity index (χ4v) is 4.16. The van der Waals surface area contributed by atoms with Crippen molar-refractivity contribution in [3.8, 4) is 5.75 Å². The molecule has 1 aromatic carbocycles. The number of benzene rings is 1. The summed E-state index contributed by atoms with van der Waals surface area (Å²) >= 11 is 0. The quantitative estimate of drug-likeness (QED) is 0.412. The fraction of sp³-hybridized carbons (Fsp3) is 0.654. The highest BCUT2D eigenvalue weighted by atomic mass is 16.5. The molecular weight excluding hydrogens is 446 g/mol. The first-order chi connectivity index (χ1) is 16.6. The number of nitrogens with two attached hydrogens (primary N) is 1. The van der Waals surface area contributed by atoms with Crippen molar-refractivity contribution in [2.75, 3.05) is 31.2 Å². The van der Waals surface area contributed by atoms with E-state index < -0.39 is 5.54 Å². The van der Waals surface area contributed by atoms with Gasteiger partial charge in [0, 0.05) is 30.2 Å². The van der Waals surface area contributed by atoms with Crippen LogP contribution in [0.5, 0.6) is 5.75 Å². The zero-order valence-corrected chi connectivity index (χ0v) is 21.7. The number of nitrogens with zero attached hydrogens (tertiary/aromatic N) is 3. The van der Waals surface area contributed by atoms with Gasteiger partial charge in [-0.15, -0.1) is 0 Å². The lowest BCUT2D eigenvalue weighted by Crippen LogP contribution is -2.38. The minimum Gasteiger partial charge on any atom is -0.494 e. The molecule has 0 radical (unpaired) electrons. The van der Waals surface area contributed by atoms with E-state index >= 15 is 0 Å². The van der Waals surface area contributed by atoms with Crippen LogP contribution in [-0.4, -0.2) is 59.0 Å². The molecule has 194 valence electrons. The third-order valence-corrected chi connectivity index (χ3v) is 6.93. The lowest BCUT2D eigenvalue weighted by atomic mass is 9.90. The third-order valence-electron chi connectivity index (χ3n) is 6.93. The van der Waals surface area contributed by atoms with E-state index in [1.54, 1.807) is 13.0 Å². The van der Waals surface area contributed by atoms with Gasteiger partial charge in [0.2, 0.25) is 5.89 Å². The first-order valence-electron chi connectivity index (χ1n) is 12.6.